The van der Waals surface area contributed by atoms with Gasteiger partial charge in [-0.15, -0.1) is 0 Å². The quantitative estimate of drug-likeness (QED) is 0.900. The van der Waals surface area contributed by atoms with E-state index in [0.29, 0.717) is 13.1 Å². The zero-order valence-corrected chi connectivity index (χ0v) is 12.0. The predicted molar refractivity (Wildman–Crippen MR) is 83.2 cm³/mol. The highest BCUT2D eigenvalue weighted by Crippen LogP contribution is 2.27. The minimum atomic E-state index is -0.628. The molecule has 1 heterocycles. The molecular weight excluding hydrogens is 262 g/mol. The van der Waals surface area contributed by atoms with Crippen molar-refractivity contribution in [2.45, 2.75) is 18.1 Å². The molecule has 0 aromatic heterocycles. The van der Waals surface area contributed by atoms with Gasteiger partial charge < -0.3 is 10.2 Å². The highest BCUT2D eigenvalue weighted by Gasteiger charge is 2.31. The fourth-order valence-corrected chi connectivity index (χ4v) is 3.03. The van der Waals surface area contributed by atoms with Crippen LogP contribution in [0.5, 0.6) is 0 Å². The van der Waals surface area contributed by atoms with Gasteiger partial charge in [0, 0.05) is 25.6 Å². The number of hydrogen-bond donors (Lipinski definition) is 2. The number of β-amino-alcohol motifs (C(OH)–C–C–N with tert-alkyl or cyclic N) is 2. The van der Waals surface area contributed by atoms with Crippen LogP contribution in [-0.4, -0.2) is 47.0 Å². The standard InChI is InChI=1S/C18H21NO2/c20-17-12-19(13-18(17)21)11-16(14-7-3-1-4-8-14)15-9-5-2-6-10-15/h1-10,16-18,20-21H,11-13H2. The van der Waals surface area contributed by atoms with Gasteiger partial charge in [0.2, 0.25) is 0 Å². The molecule has 3 rings (SSSR count). The molecule has 2 unspecified atom stereocenters. The van der Waals surface area contributed by atoms with Crippen molar-refractivity contribution in [3.63, 3.8) is 0 Å². The van der Waals surface area contributed by atoms with Crippen LogP contribution in [0.25, 0.3) is 0 Å². The zero-order chi connectivity index (χ0) is 14.7. The smallest absolute Gasteiger partial charge is 0.0938 e. The molecule has 0 saturated carbocycles. The van der Waals surface area contributed by atoms with Crippen molar-refractivity contribution in [3.05, 3.63) is 71.8 Å². The summed E-state index contributed by atoms with van der Waals surface area (Å²) in [6.45, 7) is 1.89. The Morgan fingerprint density at radius 3 is 1.67 bits per heavy atom. The monoisotopic (exact) mass is 283 g/mol. The van der Waals surface area contributed by atoms with Crippen molar-refractivity contribution in [2.24, 2.45) is 0 Å². The first kappa shape index (κ1) is 14.3. The van der Waals surface area contributed by atoms with Gasteiger partial charge in [-0.1, -0.05) is 60.7 Å². The lowest BCUT2D eigenvalue weighted by molar-refractivity contribution is 0.0572. The maximum absolute atomic E-state index is 9.73. The first-order chi connectivity index (χ1) is 10.2. The number of rotatable bonds is 4. The van der Waals surface area contributed by atoms with Crippen LogP contribution in [-0.2, 0) is 0 Å². The first-order valence-electron chi connectivity index (χ1n) is 7.42. The number of hydrogen-bond acceptors (Lipinski definition) is 3. The van der Waals surface area contributed by atoms with Gasteiger partial charge in [0.25, 0.3) is 0 Å². The van der Waals surface area contributed by atoms with Crippen LogP contribution in [0.1, 0.15) is 17.0 Å². The van der Waals surface area contributed by atoms with Crippen molar-refractivity contribution in [2.75, 3.05) is 19.6 Å². The molecule has 110 valence electrons. The van der Waals surface area contributed by atoms with E-state index in [-0.39, 0.29) is 5.92 Å². The lowest BCUT2D eigenvalue weighted by atomic mass is 9.91. The molecule has 1 saturated heterocycles. The maximum atomic E-state index is 9.73. The van der Waals surface area contributed by atoms with Crippen LogP contribution in [0.4, 0.5) is 0 Å². The van der Waals surface area contributed by atoms with E-state index in [9.17, 15) is 10.2 Å². The zero-order valence-electron chi connectivity index (χ0n) is 12.0. The number of aliphatic hydroxyl groups is 2. The number of aliphatic hydroxyl groups excluding tert-OH is 2. The minimum absolute atomic E-state index is 0.255. The summed E-state index contributed by atoms with van der Waals surface area (Å²) in [5.41, 5.74) is 2.53. The summed E-state index contributed by atoms with van der Waals surface area (Å²) in [6.07, 6.45) is -1.26. The normalized spacial score (nSPS) is 22.8. The van der Waals surface area contributed by atoms with Gasteiger partial charge in [0.1, 0.15) is 0 Å². The topological polar surface area (TPSA) is 43.7 Å². The van der Waals surface area contributed by atoms with E-state index in [0.717, 1.165) is 6.54 Å². The molecule has 1 fully saturated rings. The van der Waals surface area contributed by atoms with E-state index in [1.807, 2.05) is 12.1 Å². The third-order valence-corrected chi connectivity index (χ3v) is 4.18. The highest BCUT2D eigenvalue weighted by molar-refractivity contribution is 5.32. The molecule has 3 nitrogen and oxygen atoms in total. The molecule has 0 bridgehead atoms. The second kappa shape index (κ2) is 6.39. The molecule has 0 aliphatic carbocycles. The third-order valence-electron chi connectivity index (χ3n) is 4.18. The largest absolute Gasteiger partial charge is 0.389 e. The Hall–Kier alpha value is -1.68. The molecule has 0 amide bonds. The van der Waals surface area contributed by atoms with Crippen molar-refractivity contribution >= 4 is 0 Å². The van der Waals surface area contributed by atoms with Crippen LogP contribution in [0.15, 0.2) is 60.7 Å². The summed E-state index contributed by atoms with van der Waals surface area (Å²) in [5.74, 6) is 0.255. The summed E-state index contributed by atoms with van der Waals surface area (Å²) >= 11 is 0. The van der Waals surface area contributed by atoms with E-state index in [1.165, 1.54) is 11.1 Å². The maximum Gasteiger partial charge on any atom is 0.0938 e. The number of nitrogens with zero attached hydrogens (tertiary/aromatic N) is 1. The Kier molecular flexibility index (Phi) is 4.34. The molecule has 0 radical (unpaired) electrons. The Balaban J connectivity index is 1.84. The summed E-state index contributed by atoms with van der Waals surface area (Å²) in [5, 5.41) is 19.5. The Morgan fingerprint density at radius 2 is 1.24 bits per heavy atom. The van der Waals surface area contributed by atoms with Crippen molar-refractivity contribution in [3.8, 4) is 0 Å². The number of likely N-dealkylation sites (tertiary alicyclic amines) is 1. The molecule has 2 N–H and O–H groups in total. The molecular formula is C18H21NO2. The molecule has 2 atom stereocenters. The lowest BCUT2D eigenvalue weighted by Gasteiger charge is -2.24. The van der Waals surface area contributed by atoms with Crippen LogP contribution >= 0.6 is 0 Å². The van der Waals surface area contributed by atoms with E-state index in [4.69, 9.17) is 0 Å². The second-order valence-corrected chi connectivity index (χ2v) is 5.73. The average Bonchev–Trinajstić information content (AvgIpc) is 2.85. The molecule has 3 heteroatoms. The van der Waals surface area contributed by atoms with Gasteiger partial charge in [0.15, 0.2) is 0 Å². The van der Waals surface area contributed by atoms with E-state index in [2.05, 4.69) is 53.4 Å². The van der Waals surface area contributed by atoms with Crippen LogP contribution < -0.4 is 0 Å². The van der Waals surface area contributed by atoms with E-state index < -0.39 is 12.2 Å². The lowest BCUT2D eigenvalue weighted by Crippen LogP contribution is -2.28. The Labute approximate surface area is 125 Å². The predicted octanol–water partition coefficient (Wildman–Crippen LogP) is 1.86. The molecule has 21 heavy (non-hydrogen) atoms. The van der Waals surface area contributed by atoms with Gasteiger partial charge in [-0.25, -0.2) is 0 Å². The van der Waals surface area contributed by atoms with E-state index in [1.54, 1.807) is 0 Å². The summed E-state index contributed by atoms with van der Waals surface area (Å²) in [4.78, 5) is 2.14. The third kappa shape index (κ3) is 3.32. The average molecular weight is 283 g/mol. The molecule has 2 aromatic rings. The minimum Gasteiger partial charge on any atom is -0.389 e. The Morgan fingerprint density at radius 1 is 0.810 bits per heavy atom. The van der Waals surface area contributed by atoms with Gasteiger partial charge in [-0.3, -0.25) is 4.90 Å². The summed E-state index contributed by atoms with van der Waals surface area (Å²) in [7, 11) is 0. The second-order valence-electron chi connectivity index (χ2n) is 5.73. The summed E-state index contributed by atoms with van der Waals surface area (Å²) in [6, 6.07) is 20.8. The van der Waals surface area contributed by atoms with Crippen molar-refractivity contribution in [1.82, 2.24) is 4.90 Å². The van der Waals surface area contributed by atoms with Crippen LogP contribution in [0.2, 0.25) is 0 Å². The molecule has 1 aliphatic rings. The molecule has 1 aliphatic heterocycles. The summed E-state index contributed by atoms with van der Waals surface area (Å²) < 4.78 is 0. The molecule has 0 spiro atoms. The molecule has 2 aromatic carbocycles. The Bertz CT molecular complexity index is 508. The van der Waals surface area contributed by atoms with Crippen molar-refractivity contribution in [1.29, 1.82) is 0 Å². The van der Waals surface area contributed by atoms with Crippen LogP contribution in [0.3, 0.4) is 0 Å². The number of benzene rings is 2. The van der Waals surface area contributed by atoms with Crippen LogP contribution in [0, 0.1) is 0 Å². The van der Waals surface area contributed by atoms with Crippen molar-refractivity contribution < 1.29 is 10.2 Å². The van der Waals surface area contributed by atoms with Gasteiger partial charge >= 0.3 is 0 Å². The fraction of sp³-hybridized carbons (Fsp3) is 0.333. The SMILES string of the molecule is OC1CN(CC(c2ccccc2)c2ccccc2)CC1O. The fourth-order valence-electron chi connectivity index (χ4n) is 3.03. The van der Waals surface area contributed by atoms with Gasteiger partial charge in [0.05, 0.1) is 12.2 Å². The van der Waals surface area contributed by atoms with Gasteiger partial charge in [-0.05, 0) is 11.1 Å². The van der Waals surface area contributed by atoms with E-state index >= 15 is 0 Å². The first-order valence-corrected chi connectivity index (χ1v) is 7.42. The van der Waals surface area contributed by atoms with Gasteiger partial charge in [-0.2, -0.15) is 0 Å². The highest BCUT2D eigenvalue weighted by atomic mass is 16.3.